The fraction of sp³-hybridized carbons (Fsp3) is 0.118. The summed E-state index contributed by atoms with van der Waals surface area (Å²) in [5, 5.41) is 14.0. The van der Waals surface area contributed by atoms with E-state index in [-0.39, 0.29) is 11.7 Å². The van der Waals surface area contributed by atoms with E-state index >= 15 is 0 Å². The van der Waals surface area contributed by atoms with Gasteiger partial charge in [-0.25, -0.2) is 0 Å². The van der Waals surface area contributed by atoms with Gasteiger partial charge in [0, 0.05) is 28.5 Å². The van der Waals surface area contributed by atoms with E-state index in [1.165, 1.54) is 12.1 Å². The first-order chi connectivity index (χ1) is 10.6. The minimum absolute atomic E-state index is 0.00449. The number of anilines is 1. The topological polar surface area (TPSA) is 65.1 Å². The molecule has 1 amide bonds. The first-order valence-electron chi connectivity index (χ1n) is 6.97. The lowest BCUT2D eigenvalue weighted by Gasteiger charge is -2.07. The molecule has 0 atom stereocenters. The third-order valence-corrected chi connectivity index (χ3v) is 3.76. The maximum Gasteiger partial charge on any atom is 0.224 e. The molecule has 0 bridgehead atoms. The molecule has 0 saturated heterocycles. The lowest BCUT2D eigenvalue weighted by atomic mass is 10.1. The Morgan fingerprint density at radius 2 is 2.05 bits per heavy atom. The number of phenolic OH excluding ortho intramolecular Hbond substituents is 1. The number of H-pyrrole nitrogens is 1. The number of para-hydroxylation sites is 1. The monoisotopic (exact) mass is 314 g/mol. The quantitative estimate of drug-likeness (QED) is 0.635. The molecule has 0 spiro atoms. The summed E-state index contributed by atoms with van der Waals surface area (Å²) < 4.78 is 0. The standard InChI is InChI=1S/C17H15ClN2O2/c18-12-6-7-16(21)15(9-12)20-17(22)8-5-11-10-19-14-4-2-1-3-13(11)14/h1-4,6-7,9-10,19,21H,5,8H2,(H,20,22). The summed E-state index contributed by atoms with van der Waals surface area (Å²) in [6, 6.07) is 12.5. The van der Waals surface area contributed by atoms with Crippen LogP contribution in [0.4, 0.5) is 5.69 Å². The molecule has 0 unspecified atom stereocenters. The Morgan fingerprint density at radius 1 is 1.23 bits per heavy atom. The third-order valence-electron chi connectivity index (χ3n) is 3.53. The largest absolute Gasteiger partial charge is 0.506 e. The number of hydrogen-bond donors (Lipinski definition) is 3. The number of rotatable bonds is 4. The van der Waals surface area contributed by atoms with Crippen molar-refractivity contribution in [3.63, 3.8) is 0 Å². The van der Waals surface area contributed by atoms with Gasteiger partial charge < -0.3 is 15.4 Å². The number of aryl methyl sites for hydroxylation is 1. The Balaban J connectivity index is 1.66. The van der Waals surface area contributed by atoms with E-state index in [0.29, 0.717) is 23.6 Å². The molecule has 3 rings (SSSR count). The Bertz CT molecular complexity index is 826. The summed E-state index contributed by atoms with van der Waals surface area (Å²) in [6.07, 6.45) is 2.87. The van der Waals surface area contributed by atoms with E-state index < -0.39 is 0 Å². The highest BCUT2D eigenvalue weighted by Crippen LogP contribution is 2.27. The number of aromatic nitrogens is 1. The molecular weight excluding hydrogens is 300 g/mol. The molecule has 0 saturated carbocycles. The van der Waals surface area contributed by atoms with Crippen molar-refractivity contribution in [1.82, 2.24) is 4.98 Å². The van der Waals surface area contributed by atoms with Crippen molar-refractivity contribution < 1.29 is 9.90 Å². The van der Waals surface area contributed by atoms with Crippen LogP contribution in [-0.4, -0.2) is 16.0 Å². The van der Waals surface area contributed by atoms with Crippen LogP contribution in [0.15, 0.2) is 48.7 Å². The molecule has 1 aromatic heterocycles. The van der Waals surface area contributed by atoms with Crippen molar-refractivity contribution >= 4 is 34.1 Å². The van der Waals surface area contributed by atoms with E-state index in [9.17, 15) is 9.90 Å². The number of carbonyl (C=O) groups is 1. The molecule has 0 aliphatic rings. The summed E-state index contributed by atoms with van der Waals surface area (Å²) in [5.74, 6) is -0.160. The highest BCUT2D eigenvalue weighted by Gasteiger charge is 2.09. The fourth-order valence-corrected chi connectivity index (χ4v) is 2.58. The number of hydrogen-bond acceptors (Lipinski definition) is 2. The minimum Gasteiger partial charge on any atom is -0.506 e. The molecule has 4 nitrogen and oxygen atoms in total. The van der Waals surface area contributed by atoms with Crippen LogP contribution in [0.2, 0.25) is 5.02 Å². The smallest absolute Gasteiger partial charge is 0.224 e. The Morgan fingerprint density at radius 3 is 2.91 bits per heavy atom. The number of fused-ring (bicyclic) bond motifs is 1. The highest BCUT2D eigenvalue weighted by molar-refractivity contribution is 6.31. The number of phenols is 1. The van der Waals surface area contributed by atoms with Crippen LogP contribution < -0.4 is 5.32 Å². The number of carbonyl (C=O) groups excluding carboxylic acids is 1. The normalized spacial score (nSPS) is 10.8. The van der Waals surface area contributed by atoms with Gasteiger partial charge in [0.1, 0.15) is 5.75 Å². The van der Waals surface area contributed by atoms with E-state index in [2.05, 4.69) is 10.3 Å². The van der Waals surface area contributed by atoms with Gasteiger partial charge in [0.25, 0.3) is 0 Å². The summed E-state index contributed by atoms with van der Waals surface area (Å²) in [6.45, 7) is 0. The third kappa shape index (κ3) is 3.07. The lowest BCUT2D eigenvalue weighted by Crippen LogP contribution is -2.12. The van der Waals surface area contributed by atoms with Gasteiger partial charge in [-0.15, -0.1) is 0 Å². The second kappa shape index (κ2) is 6.12. The summed E-state index contributed by atoms with van der Waals surface area (Å²) in [7, 11) is 0. The van der Waals surface area contributed by atoms with Crippen LogP contribution >= 0.6 is 11.6 Å². The maximum atomic E-state index is 12.0. The molecule has 0 aliphatic carbocycles. The number of amides is 1. The molecule has 22 heavy (non-hydrogen) atoms. The SMILES string of the molecule is O=C(CCc1c[nH]c2ccccc12)Nc1cc(Cl)ccc1O. The minimum atomic E-state index is -0.164. The molecular formula is C17H15ClN2O2. The molecule has 0 fully saturated rings. The van der Waals surface area contributed by atoms with Crippen LogP contribution in [-0.2, 0) is 11.2 Å². The zero-order chi connectivity index (χ0) is 15.5. The molecule has 0 radical (unpaired) electrons. The first-order valence-corrected chi connectivity index (χ1v) is 7.34. The van der Waals surface area contributed by atoms with Crippen molar-refractivity contribution in [2.75, 3.05) is 5.32 Å². The van der Waals surface area contributed by atoms with Crippen LogP contribution in [0.3, 0.4) is 0 Å². The summed E-state index contributed by atoms with van der Waals surface area (Å²) in [5.41, 5.74) is 2.49. The number of halogens is 1. The molecule has 5 heteroatoms. The average molecular weight is 315 g/mol. The summed E-state index contributed by atoms with van der Waals surface area (Å²) in [4.78, 5) is 15.2. The van der Waals surface area contributed by atoms with E-state index in [0.717, 1.165) is 16.5 Å². The maximum absolute atomic E-state index is 12.0. The molecule has 3 aromatic rings. The Labute approximate surface area is 132 Å². The highest BCUT2D eigenvalue weighted by atomic mass is 35.5. The van der Waals surface area contributed by atoms with Crippen molar-refractivity contribution in [3.8, 4) is 5.75 Å². The molecule has 112 valence electrons. The molecule has 0 aliphatic heterocycles. The first kappa shape index (κ1) is 14.5. The van der Waals surface area contributed by atoms with Gasteiger partial charge in [-0.05, 0) is 36.2 Å². The van der Waals surface area contributed by atoms with Crippen molar-refractivity contribution in [2.24, 2.45) is 0 Å². The Kier molecular flexibility index (Phi) is 4.02. The predicted molar refractivity (Wildman–Crippen MR) is 88.4 cm³/mol. The molecule has 1 heterocycles. The average Bonchev–Trinajstić information content (AvgIpc) is 2.92. The number of aromatic amines is 1. The summed E-state index contributed by atoms with van der Waals surface area (Å²) >= 11 is 5.86. The van der Waals surface area contributed by atoms with Gasteiger partial charge in [0.2, 0.25) is 5.91 Å². The van der Waals surface area contributed by atoms with Gasteiger partial charge in [0.15, 0.2) is 0 Å². The molecule has 2 aromatic carbocycles. The molecule has 3 N–H and O–H groups in total. The lowest BCUT2D eigenvalue weighted by molar-refractivity contribution is -0.116. The van der Waals surface area contributed by atoms with Crippen LogP contribution in [0.25, 0.3) is 10.9 Å². The predicted octanol–water partition coefficient (Wildman–Crippen LogP) is 4.10. The van der Waals surface area contributed by atoms with Gasteiger partial charge >= 0.3 is 0 Å². The van der Waals surface area contributed by atoms with Gasteiger partial charge in [0.05, 0.1) is 5.69 Å². The van der Waals surface area contributed by atoms with E-state index in [1.54, 1.807) is 6.07 Å². The zero-order valence-corrected chi connectivity index (χ0v) is 12.5. The second-order valence-electron chi connectivity index (χ2n) is 5.07. The van der Waals surface area contributed by atoms with E-state index in [1.807, 2.05) is 30.5 Å². The van der Waals surface area contributed by atoms with Gasteiger partial charge in [-0.2, -0.15) is 0 Å². The zero-order valence-electron chi connectivity index (χ0n) is 11.8. The van der Waals surface area contributed by atoms with Crippen LogP contribution in [0.5, 0.6) is 5.75 Å². The van der Waals surface area contributed by atoms with Gasteiger partial charge in [-0.1, -0.05) is 29.8 Å². The second-order valence-corrected chi connectivity index (χ2v) is 5.51. The Hall–Kier alpha value is -2.46. The fourth-order valence-electron chi connectivity index (χ4n) is 2.41. The number of aromatic hydroxyl groups is 1. The van der Waals surface area contributed by atoms with Crippen LogP contribution in [0.1, 0.15) is 12.0 Å². The number of nitrogens with one attached hydrogen (secondary N) is 2. The van der Waals surface area contributed by atoms with Crippen molar-refractivity contribution in [3.05, 3.63) is 59.2 Å². The van der Waals surface area contributed by atoms with Crippen molar-refractivity contribution in [1.29, 1.82) is 0 Å². The van der Waals surface area contributed by atoms with E-state index in [4.69, 9.17) is 11.6 Å². The van der Waals surface area contributed by atoms with Crippen LogP contribution in [0, 0.1) is 0 Å². The number of benzene rings is 2. The van der Waals surface area contributed by atoms with Crippen molar-refractivity contribution in [2.45, 2.75) is 12.8 Å². The van der Waals surface area contributed by atoms with Gasteiger partial charge in [-0.3, -0.25) is 4.79 Å².